The third-order valence-corrected chi connectivity index (χ3v) is 3.80. The summed E-state index contributed by atoms with van der Waals surface area (Å²) in [6.45, 7) is 3.29. The van der Waals surface area contributed by atoms with Crippen LogP contribution in [0.3, 0.4) is 0 Å². The maximum absolute atomic E-state index is 12.0. The molecule has 0 aliphatic carbocycles. The minimum Gasteiger partial charge on any atom is -0.393 e. The Morgan fingerprint density at radius 3 is 2.80 bits per heavy atom. The summed E-state index contributed by atoms with van der Waals surface area (Å²) in [6.07, 6.45) is 2.26. The van der Waals surface area contributed by atoms with E-state index in [9.17, 15) is 9.90 Å². The molecule has 4 nitrogen and oxygen atoms in total. The molecule has 0 radical (unpaired) electrons. The number of rotatable bonds is 6. The van der Waals surface area contributed by atoms with E-state index in [4.69, 9.17) is 0 Å². The molecule has 4 heteroatoms. The fourth-order valence-corrected chi connectivity index (χ4v) is 2.73. The van der Waals surface area contributed by atoms with Crippen LogP contribution in [0.2, 0.25) is 0 Å². The van der Waals surface area contributed by atoms with E-state index in [1.165, 1.54) is 0 Å². The maximum atomic E-state index is 12.0. The van der Waals surface area contributed by atoms with Crippen LogP contribution in [0.25, 0.3) is 0 Å². The van der Waals surface area contributed by atoms with Gasteiger partial charge in [0.15, 0.2) is 0 Å². The van der Waals surface area contributed by atoms with Crippen LogP contribution in [-0.4, -0.2) is 36.2 Å². The van der Waals surface area contributed by atoms with Crippen LogP contribution in [0.5, 0.6) is 0 Å². The van der Waals surface area contributed by atoms with Gasteiger partial charge in [-0.3, -0.25) is 4.79 Å². The summed E-state index contributed by atoms with van der Waals surface area (Å²) < 4.78 is 0. The molecule has 1 aromatic rings. The SMILES string of the molecule is CC(O)CC(CNC(=O)C1CCCN1)c1ccccc1. The highest BCUT2D eigenvalue weighted by Gasteiger charge is 2.23. The van der Waals surface area contributed by atoms with Gasteiger partial charge in [-0.2, -0.15) is 0 Å². The zero-order valence-electron chi connectivity index (χ0n) is 12.0. The molecule has 20 heavy (non-hydrogen) atoms. The van der Waals surface area contributed by atoms with E-state index in [0.29, 0.717) is 13.0 Å². The second-order valence-electron chi connectivity index (χ2n) is 5.59. The zero-order valence-corrected chi connectivity index (χ0v) is 12.0. The number of aliphatic hydroxyl groups excluding tert-OH is 1. The molecule has 3 atom stereocenters. The third-order valence-electron chi connectivity index (χ3n) is 3.80. The van der Waals surface area contributed by atoms with Gasteiger partial charge in [-0.05, 0) is 38.3 Å². The van der Waals surface area contributed by atoms with Gasteiger partial charge in [-0.25, -0.2) is 0 Å². The molecule has 0 aromatic heterocycles. The van der Waals surface area contributed by atoms with Gasteiger partial charge >= 0.3 is 0 Å². The van der Waals surface area contributed by atoms with Crippen LogP contribution in [0.1, 0.15) is 37.7 Å². The number of nitrogens with one attached hydrogen (secondary N) is 2. The van der Waals surface area contributed by atoms with Crippen molar-refractivity contribution >= 4 is 5.91 Å². The van der Waals surface area contributed by atoms with E-state index in [1.807, 2.05) is 30.3 Å². The van der Waals surface area contributed by atoms with Crippen molar-refractivity contribution in [2.45, 2.75) is 44.2 Å². The van der Waals surface area contributed by atoms with Crippen molar-refractivity contribution in [1.82, 2.24) is 10.6 Å². The topological polar surface area (TPSA) is 61.4 Å². The summed E-state index contributed by atoms with van der Waals surface area (Å²) in [5.74, 6) is 0.232. The third kappa shape index (κ3) is 4.32. The van der Waals surface area contributed by atoms with Gasteiger partial charge in [0.2, 0.25) is 5.91 Å². The molecule has 1 amide bonds. The van der Waals surface area contributed by atoms with Gasteiger partial charge in [0.25, 0.3) is 0 Å². The predicted octanol–water partition coefficient (Wildman–Crippen LogP) is 1.41. The molecule has 1 aromatic carbocycles. The Bertz CT molecular complexity index is 414. The van der Waals surface area contributed by atoms with Gasteiger partial charge in [-0.15, -0.1) is 0 Å². The minimum absolute atomic E-state index is 0.0435. The fourth-order valence-electron chi connectivity index (χ4n) is 2.73. The van der Waals surface area contributed by atoms with E-state index in [0.717, 1.165) is 24.9 Å². The monoisotopic (exact) mass is 276 g/mol. The van der Waals surface area contributed by atoms with Crippen LogP contribution >= 0.6 is 0 Å². The first-order valence-electron chi connectivity index (χ1n) is 7.41. The van der Waals surface area contributed by atoms with Gasteiger partial charge in [0.05, 0.1) is 12.1 Å². The molecule has 110 valence electrons. The molecule has 0 bridgehead atoms. The lowest BCUT2D eigenvalue weighted by atomic mass is 9.93. The predicted molar refractivity (Wildman–Crippen MR) is 79.5 cm³/mol. The largest absolute Gasteiger partial charge is 0.393 e. The average Bonchev–Trinajstić information content (AvgIpc) is 2.98. The van der Waals surface area contributed by atoms with Crippen molar-refractivity contribution in [2.24, 2.45) is 0 Å². The maximum Gasteiger partial charge on any atom is 0.237 e. The van der Waals surface area contributed by atoms with Crippen molar-refractivity contribution in [3.8, 4) is 0 Å². The van der Waals surface area contributed by atoms with E-state index in [1.54, 1.807) is 6.92 Å². The number of carbonyl (C=O) groups is 1. The quantitative estimate of drug-likeness (QED) is 0.736. The molecule has 0 spiro atoms. The Morgan fingerprint density at radius 1 is 1.45 bits per heavy atom. The van der Waals surface area contributed by atoms with Crippen molar-refractivity contribution < 1.29 is 9.90 Å². The minimum atomic E-state index is -0.373. The smallest absolute Gasteiger partial charge is 0.237 e. The highest BCUT2D eigenvalue weighted by molar-refractivity contribution is 5.82. The Balaban J connectivity index is 1.92. The Labute approximate surface area is 120 Å². The zero-order chi connectivity index (χ0) is 14.4. The molecular formula is C16H24N2O2. The van der Waals surface area contributed by atoms with Crippen LogP contribution in [0, 0.1) is 0 Å². The molecular weight excluding hydrogens is 252 g/mol. The number of aliphatic hydroxyl groups is 1. The highest BCUT2D eigenvalue weighted by atomic mass is 16.3. The lowest BCUT2D eigenvalue weighted by Gasteiger charge is -2.21. The molecule has 0 saturated carbocycles. The molecule has 1 aliphatic heterocycles. The molecule has 1 heterocycles. The second kappa shape index (κ2) is 7.41. The van der Waals surface area contributed by atoms with Gasteiger partial charge in [0.1, 0.15) is 0 Å². The first-order chi connectivity index (χ1) is 9.66. The summed E-state index contributed by atoms with van der Waals surface area (Å²) in [6, 6.07) is 10.0. The van der Waals surface area contributed by atoms with Gasteiger partial charge < -0.3 is 15.7 Å². The second-order valence-corrected chi connectivity index (χ2v) is 5.59. The van der Waals surface area contributed by atoms with E-state index in [-0.39, 0.29) is 24.0 Å². The summed E-state index contributed by atoms with van der Waals surface area (Å²) in [4.78, 5) is 12.0. The Morgan fingerprint density at radius 2 is 2.20 bits per heavy atom. The van der Waals surface area contributed by atoms with Crippen molar-refractivity contribution in [2.75, 3.05) is 13.1 Å². The van der Waals surface area contributed by atoms with Crippen molar-refractivity contribution in [3.63, 3.8) is 0 Å². The summed E-state index contributed by atoms with van der Waals surface area (Å²) in [5, 5.41) is 15.9. The van der Waals surface area contributed by atoms with E-state index >= 15 is 0 Å². The summed E-state index contributed by atoms with van der Waals surface area (Å²) >= 11 is 0. The number of benzene rings is 1. The Hall–Kier alpha value is -1.39. The van der Waals surface area contributed by atoms with Crippen LogP contribution in [0.15, 0.2) is 30.3 Å². The molecule has 3 N–H and O–H groups in total. The van der Waals surface area contributed by atoms with Gasteiger partial charge in [0, 0.05) is 12.5 Å². The van der Waals surface area contributed by atoms with Crippen LogP contribution in [0.4, 0.5) is 0 Å². The first-order valence-corrected chi connectivity index (χ1v) is 7.41. The molecule has 1 fully saturated rings. The number of hydrogen-bond acceptors (Lipinski definition) is 3. The van der Waals surface area contributed by atoms with E-state index < -0.39 is 0 Å². The summed E-state index contributed by atoms with van der Waals surface area (Å²) in [5.41, 5.74) is 1.16. The highest BCUT2D eigenvalue weighted by Crippen LogP contribution is 2.20. The number of carbonyl (C=O) groups excluding carboxylic acids is 1. The van der Waals surface area contributed by atoms with E-state index in [2.05, 4.69) is 10.6 Å². The first kappa shape index (κ1) is 15.0. The van der Waals surface area contributed by atoms with Crippen LogP contribution in [-0.2, 0) is 4.79 Å². The standard InChI is InChI=1S/C16H24N2O2/c1-12(19)10-14(13-6-3-2-4-7-13)11-18-16(20)15-8-5-9-17-15/h2-4,6-7,12,14-15,17,19H,5,8-11H2,1H3,(H,18,20). The molecule has 1 aliphatic rings. The Kier molecular flexibility index (Phi) is 5.56. The average molecular weight is 276 g/mol. The lowest BCUT2D eigenvalue weighted by molar-refractivity contribution is -0.122. The molecule has 2 rings (SSSR count). The normalized spacial score (nSPS) is 21.4. The fraction of sp³-hybridized carbons (Fsp3) is 0.562. The molecule has 3 unspecified atom stereocenters. The number of hydrogen-bond donors (Lipinski definition) is 3. The van der Waals surface area contributed by atoms with Crippen LogP contribution < -0.4 is 10.6 Å². The molecule has 1 saturated heterocycles. The lowest BCUT2D eigenvalue weighted by Crippen LogP contribution is -2.42. The number of amides is 1. The van der Waals surface area contributed by atoms with Gasteiger partial charge in [-0.1, -0.05) is 30.3 Å². The van der Waals surface area contributed by atoms with Crippen molar-refractivity contribution in [1.29, 1.82) is 0 Å². The van der Waals surface area contributed by atoms with Crippen molar-refractivity contribution in [3.05, 3.63) is 35.9 Å². The summed E-state index contributed by atoms with van der Waals surface area (Å²) in [7, 11) is 0.